The molecule has 7 heteroatoms. The van der Waals surface area contributed by atoms with Crippen LogP contribution in [0, 0.1) is 11.3 Å². The maximum atomic E-state index is 12.5. The third-order valence-corrected chi connectivity index (χ3v) is 5.16. The number of benzene rings is 2. The Morgan fingerprint density at radius 2 is 1.83 bits per heavy atom. The van der Waals surface area contributed by atoms with E-state index in [9.17, 15) is 4.79 Å². The molecular formula is C22H24ClN3O3. The van der Waals surface area contributed by atoms with Gasteiger partial charge in [-0.25, -0.2) is 0 Å². The number of piperazine rings is 1. The molecule has 1 aliphatic heterocycles. The lowest BCUT2D eigenvalue weighted by Crippen LogP contribution is -2.48. The van der Waals surface area contributed by atoms with Crippen LogP contribution in [0.3, 0.4) is 0 Å². The Balaban J connectivity index is 1.40. The molecule has 0 atom stereocenters. The summed E-state index contributed by atoms with van der Waals surface area (Å²) in [6, 6.07) is 14.9. The van der Waals surface area contributed by atoms with E-state index in [0.29, 0.717) is 49.6 Å². The Hall–Kier alpha value is -2.91. The van der Waals surface area contributed by atoms with Crippen molar-refractivity contribution in [3.63, 3.8) is 0 Å². The zero-order chi connectivity index (χ0) is 20.6. The van der Waals surface area contributed by atoms with Crippen molar-refractivity contribution in [2.75, 3.05) is 44.8 Å². The molecule has 0 bridgehead atoms. The topological polar surface area (TPSA) is 65.8 Å². The number of methoxy groups -OCH3 is 1. The van der Waals surface area contributed by atoms with Gasteiger partial charge in [-0.05, 0) is 42.8 Å². The molecule has 6 nitrogen and oxygen atoms in total. The Morgan fingerprint density at radius 3 is 2.48 bits per heavy atom. The van der Waals surface area contributed by atoms with Crippen LogP contribution in [0.1, 0.15) is 18.4 Å². The number of carbonyl (C=O) groups excluding carboxylic acids is 1. The van der Waals surface area contributed by atoms with Crippen molar-refractivity contribution in [3.05, 3.63) is 53.1 Å². The van der Waals surface area contributed by atoms with Gasteiger partial charge in [-0.2, -0.15) is 5.26 Å². The Labute approximate surface area is 176 Å². The second-order valence-corrected chi connectivity index (χ2v) is 7.21. The van der Waals surface area contributed by atoms with Crippen LogP contribution in [0.2, 0.25) is 5.02 Å². The van der Waals surface area contributed by atoms with Gasteiger partial charge in [0.2, 0.25) is 5.91 Å². The van der Waals surface area contributed by atoms with Gasteiger partial charge < -0.3 is 19.3 Å². The first-order valence-corrected chi connectivity index (χ1v) is 9.97. The van der Waals surface area contributed by atoms with Crippen molar-refractivity contribution in [2.45, 2.75) is 12.8 Å². The summed E-state index contributed by atoms with van der Waals surface area (Å²) in [6.45, 7) is 3.47. The second-order valence-electron chi connectivity index (χ2n) is 6.77. The van der Waals surface area contributed by atoms with Gasteiger partial charge in [-0.1, -0.05) is 11.6 Å². The zero-order valence-electron chi connectivity index (χ0n) is 16.4. The lowest BCUT2D eigenvalue weighted by atomic mass is 10.2. The van der Waals surface area contributed by atoms with Gasteiger partial charge in [0.25, 0.3) is 0 Å². The van der Waals surface area contributed by atoms with Gasteiger partial charge in [-0.15, -0.1) is 0 Å². The molecule has 0 aliphatic carbocycles. The van der Waals surface area contributed by atoms with Gasteiger partial charge >= 0.3 is 0 Å². The highest BCUT2D eigenvalue weighted by Crippen LogP contribution is 2.28. The molecule has 0 spiro atoms. The number of amides is 1. The predicted molar refractivity (Wildman–Crippen MR) is 113 cm³/mol. The number of ether oxygens (including phenoxy) is 2. The maximum absolute atomic E-state index is 12.5. The summed E-state index contributed by atoms with van der Waals surface area (Å²) < 4.78 is 11.0. The van der Waals surface area contributed by atoms with Crippen molar-refractivity contribution in [2.24, 2.45) is 0 Å². The van der Waals surface area contributed by atoms with Crippen molar-refractivity contribution in [1.82, 2.24) is 4.90 Å². The second kappa shape index (κ2) is 10.0. The summed E-state index contributed by atoms with van der Waals surface area (Å²) in [5.74, 6) is 1.25. The molecule has 2 aromatic rings. The first kappa shape index (κ1) is 20.8. The fourth-order valence-electron chi connectivity index (χ4n) is 3.29. The van der Waals surface area contributed by atoms with Crippen LogP contribution in [0.5, 0.6) is 11.5 Å². The van der Waals surface area contributed by atoms with E-state index >= 15 is 0 Å². The lowest BCUT2D eigenvalue weighted by molar-refractivity contribution is -0.131. The van der Waals surface area contributed by atoms with Crippen LogP contribution in [-0.2, 0) is 4.79 Å². The third-order valence-electron chi connectivity index (χ3n) is 4.91. The summed E-state index contributed by atoms with van der Waals surface area (Å²) in [4.78, 5) is 16.7. The van der Waals surface area contributed by atoms with Crippen LogP contribution in [0.4, 0.5) is 5.69 Å². The van der Waals surface area contributed by atoms with E-state index in [0.717, 1.165) is 23.8 Å². The summed E-state index contributed by atoms with van der Waals surface area (Å²) >= 11 is 5.94. The largest absolute Gasteiger partial charge is 0.493 e. The normalized spacial score (nSPS) is 13.7. The highest BCUT2D eigenvalue weighted by Gasteiger charge is 2.21. The first-order valence-electron chi connectivity index (χ1n) is 9.60. The molecule has 29 heavy (non-hydrogen) atoms. The van der Waals surface area contributed by atoms with Crippen LogP contribution >= 0.6 is 11.6 Å². The molecule has 3 rings (SSSR count). The number of anilines is 1. The number of nitriles is 1. The molecule has 0 N–H and O–H groups in total. The van der Waals surface area contributed by atoms with Crippen LogP contribution < -0.4 is 14.4 Å². The van der Waals surface area contributed by atoms with E-state index < -0.39 is 0 Å². The smallest absolute Gasteiger partial charge is 0.222 e. The fraction of sp³-hybridized carbons (Fsp3) is 0.364. The highest BCUT2D eigenvalue weighted by atomic mass is 35.5. The average molecular weight is 414 g/mol. The molecule has 0 unspecified atom stereocenters. The van der Waals surface area contributed by atoms with E-state index in [2.05, 4.69) is 11.0 Å². The van der Waals surface area contributed by atoms with E-state index in [4.69, 9.17) is 26.3 Å². The minimum atomic E-state index is 0.149. The molecule has 1 amide bonds. The standard InChI is InChI=1S/C22H24ClN3O3/c1-28-21-15-17(16-24)4-9-20(21)29-14-2-3-22(27)26-12-10-25(11-13-26)19-7-5-18(23)6-8-19/h4-9,15H,2-3,10-14H2,1H3. The van der Waals surface area contributed by atoms with Crippen LogP contribution in [0.15, 0.2) is 42.5 Å². The molecular weight excluding hydrogens is 390 g/mol. The maximum Gasteiger partial charge on any atom is 0.222 e. The average Bonchev–Trinajstić information content (AvgIpc) is 2.77. The molecule has 1 aliphatic rings. The van der Waals surface area contributed by atoms with Crippen molar-refractivity contribution >= 4 is 23.2 Å². The van der Waals surface area contributed by atoms with Gasteiger partial charge in [0.1, 0.15) is 0 Å². The minimum Gasteiger partial charge on any atom is -0.493 e. The lowest BCUT2D eigenvalue weighted by Gasteiger charge is -2.36. The number of halogens is 1. The molecule has 1 fully saturated rings. The van der Waals surface area contributed by atoms with Gasteiger partial charge in [0, 0.05) is 49.4 Å². The zero-order valence-corrected chi connectivity index (χ0v) is 17.2. The van der Waals surface area contributed by atoms with Crippen molar-refractivity contribution in [3.8, 4) is 17.6 Å². The molecule has 0 saturated carbocycles. The van der Waals surface area contributed by atoms with Crippen LogP contribution in [-0.4, -0.2) is 50.7 Å². The molecule has 1 saturated heterocycles. The number of hydrogen-bond acceptors (Lipinski definition) is 5. The molecule has 1 heterocycles. The number of carbonyl (C=O) groups is 1. The van der Waals surface area contributed by atoms with E-state index in [-0.39, 0.29) is 5.91 Å². The summed E-state index contributed by atoms with van der Waals surface area (Å²) in [7, 11) is 1.54. The monoisotopic (exact) mass is 413 g/mol. The molecule has 2 aromatic carbocycles. The van der Waals surface area contributed by atoms with Gasteiger partial charge in [-0.3, -0.25) is 4.79 Å². The quantitative estimate of drug-likeness (QED) is 0.647. The number of nitrogens with zero attached hydrogens (tertiary/aromatic N) is 3. The fourth-order valence-corrected chi connectivity index (χ4v) is 3.41. The summed E-state index contributed by atoms with van der Waals surface area (Å²) in [6.07, 6.45) is 1.07. The first-order chi connectivity index (χ1) is 14.1. The minimum absolute atomic E-state index is 0.149. The number of rotatable bonds is 7. The molecule has 0 aromatic heterocycles. The molecule has 152 valence electrons. The van der Waals surface area contributed by atoms with Gasteiger partial charge in [0.15, 0.2) is 11.5 Å². The van der Waals surface area contributed by atoms with Crippen molar-refractivity contribution in [1.29, 1.82) is 5.26 Å². The predicted octanol–water partition coefficient (Wildman–Crippen LogP) is 3.73. The highest BCUT2D eigenvalue weighted by molar-refractivity contribution is 6.30. The van der Waals surface area contributed by atoms with E-state index in [1.165, 1.54) is 7.11 Å². The number of hydrogen-bond donors (Lipinski definition) is 0. The van der Waals surface area contributed by atoms with E-state index in [1.54, 1.807) is 18.2 Å². The Morgan fingerprint density at radius 1 is 1.10 bits per heavy atom. The van der Waals surface area contributed by atoms with Gasteiger partial charge in [0.05, 0.1) is 25.3 Å². The Kier molecular flexibility index (Phi) is 7.20. The third kappa shape index (κ3) is 5.55. The summed E-state index contributed by atoms with van der Waals surface area (Å²) in [5, 5.41) is 9.67. The Bertz CT molecular complexity index is 872. The van der Waals surface area contributed by atoms with E-state index in [1.807, 2.05) is 29.2 Å². The van der Waals surface area contributed by atoms with Crippen molar-refractivity contribution < 1.29 is 14.3 Å². The molecule has 0 radical (unpaired) electrons. The van der Waals surface area contributed by atoms with Crippen LogP contribution in [0.25, 0.3) is 0 Å². The summed E-state index contributed by atoms with van der Waals surface area (Å²) in [5.41, 5.74) is 1.65. The SMILES string of the molecule is COc1cc(C#N)ccc1OCCCC(=O)N1CCN(c2ccc(Cl)cc2)CC1.